The first kappa shape index (κ1) is 16.6. The second kappa shape index (κ2) is 7.57. The van der Waals surface area contributed by atoms with E-state index in [0.29, 0.717) is 18.7 Å². The van der Waals surface area contributed by atoms with Crippen molar-refractivity contribution in [2.75, 3.05) is 19.7 Å². The van der Waals surface area contributed by atoms with Gasteiger partial charge in [0.25, 0.3) is 5.91 Å². The van der Waals surface area contributed by atoms with Gasteiger partial charge in [0.2, 0.25) is 0 Å². The van der Waals surface area contributed by atoms with E-state index in [4.69, 9.17) is 4.74 Å². The SMILES string of the molecule is CCCN(CC1CCCO1)C(=O)c1cnn(-c2ccc(F)cc2)c1. The van der Waals surface area contributed by atoms with Crippen LogP contribution in [0, 0.1) is 5.82 Å². The first-order valence-electron chi connectivity index (χ1n) is 8.39. The van der Waals surface area contributed by atoms with Crippen LogP contribution in [0.1, 0.15) is 36.5 Å². The topological polar surface area (TPSA) is 47.4 Å². The molecule has 1 aliphatic rings. The maximum absolute atomic E-state index is 13.0. The van der Waals surface area contributed by atoms with E-state index in [1.165, 1.54) is 12.1 Å². The fraction of sp³-hybridized carbons (Fsp3) is 0.444. The van der Waals surface area contributed by atoms with Gasteiger partial charge >= 0.3 is 0 Å². The van der Waals surface area contributed by atoms with Crippen molar-refractivity contribution >= 4 is 5.91 Å². The van der Waals surface area contributed by atoms with Crippen LogP contribution in [0.5, 0.6) is 0 Å². The summed E-state index contributed by atoms with van der Waals surface area (Å²) in [5.74, 6) is -0.339. The largest absolute Gasteiger partial charge is 0.376 e. The number of ether oxygens (including phenoxy) is 1. The normalized spacial score (nSPS) is 17.2. The van der Waals surface area contributed by atoms with Gasteiger partial charge in [-0.05, 0) is 43.5 Å². The van der Waals surface area contributed by atoms with Crippen LogP contribution in [0.2, 0.25) is 0 Å². The maximum atomic E-state index is 13.0. The van der Waals surface area contributed by atoms with Crippen LogP contribution >= 0.6 is 0 Å². The van der Waals surface area contributed by atoms with E-state index >= 15 is 0 Å². The van der Waals surface area contributed by atoms with Gasteiger partial charge in [-0.3, -0.25) is 4.79 Å². The Bertz CT molecular complexity index is 678. The minimum Gasteiger partial charge on any atom is -0.376 e. The lowest BCUT2D eigenvalue weighted by Crippen LogP contribution is -2.37. The molecule has 128 valence electrons. The fourth-order valence-electron chi connectivity index (χ4n) is 2.93. The Labute approximate surface area is 141 Å². The van der Waals surface area contributed by atoms with Crippen LogP contribution in [-0.4, -0.2) is 46.4 Å². The van der Waals surface area contributed by atoms with Crippen LogP contribution in [0.15, 0.2) is 36.7 Å². The van der Waals surface area contributed by atoms with E-state index in [-0.39, 0.29) is 17.8 Å². The molecule has 1 aromatic carbocycles. The van der Waals surface area contributed by atoms with Gasteiger partial charge in [-0.25, -0.2) is 9.07 Å². The molecule has 1 aliphatic heterocycles. The minimum atomic E-state index is -0.298. The summed E-state index contributed by atoms with van der Waals surface area (Å²) < 4.78 is 20.3. The van der Waals surface area contributed by atoms with Crippen molar-refractivity contribution < 1.29 is 13.9 Å². The number of hydrogen-bond acceptors (Lipinski definition) is 3. The molecule has 2 heterocycles. The smallest absolute Gasteiger partial charge is 0.257 e. The number of carbonyl (C=O) groups is 1. The standard InChI is InChI=1S/C18H22FN3O2/c1-2-9-21(13-17-4-3-10-24-17)18(23)14-11-20-22(12-14)16-7-5-15(19)6-8-16/h5-8,11-12,17H,2-4,9-10,13H2,1H3. The molecule has 1 atom stereocenters. The lowest BCUT2D eigenvalue weighted by atomic mass is 10.2. The summed E-state index contributed by atoms with van der Waals surface area (Å²) in [7, 11) is 0. The molecule has 0 aliphatic carbocycles. The second-order valence-electron chi connectivity index (χ2n) is 6.04. The minimum absolute atomic E-state index is 0.0410. The molecule has 1 amide bonds. The molecule has 6 heteroatoms. The average molecular weight is 331 g/mol. The Morgan fingerprint density at radius 3 is 2.88 bits per heavy atom. The predicted octanol–water partition coefficient (Wildman–Crippen LogP) is 3.04. The number of aromatic nitrogens is 2. The highest BCUT2D eigenvalue weighted by molar-refractivity contribution is 5.93. The number of amides is 1. The van der Waals surface area contributed by atoms with Gasteiger partial charge in [0.05, 0.1) is 23.6 Å². The quantitative estimate of drug-likeness (QED) is 0.817. The summed E-state index contributed by atoms with van der Waals surface area (Å²) in [5.41, 5.74) is 1.25. The van der Waals surface area contributed by atoms with Gasteiger partial charge in [0, 0.05) is 25.9 Å². The van der Waals surface area contributed by atoms with Crippen molar-refractivity contribution in [2.45, 2.75) is 32.3 Å². The van der Waals surface area contributed by atoms with Crippen molar-refractivity contribution in [3.05, 3.63) is 48.0 Å². The van der Waals surface area contributed by atoms with Crippen LogP contribution < -0.4 is 0 Å². The third kappa shape index (κ3) is 3.82. The number of nitrogens with zero attached hydrogens (tertiary/aromatic N) is 3. The zero-order chi connectivity index (χ0) is 16.9. The number of hydrogen-bond donors (Lipinski definition) is 0. The third-order valence-corrected chi connectivity index (χ3v) is 4.15. The lowest BCUT2D eigenvalue weighted by molar-refractivity contribution is 0.0526. The van der Waals surface area contributed by atoms with Gasteiger partial charge in [-0.1, -0.05) is 6.92 Å². The van der Waals surface area contributed by atoms with E-state index in [9.17, 15) is 9.18 Å². The summed E-state index contributed by atoms with van der Waals surface area (Å²) in [6, 6.07) is 6.01. The van der Waals surface area contributed by atoms with Crippen molar-refractivity contribution in [3.63, 3.8) is 0 Å². The summed E-state index contributed by atoms with van der Waals surface area (Å²) in [6.45, 7) is 4.15. The van der Waals surface area contributed by atoms with Crippen molar-refractivity contribution in [2.24, 2.45) is 0 Å². The molecule has 0 saturated carbocycles. The van der Waals surface area contributed by atoms with E-state index in [1.54, 1.807) is 29.2 Å². The van der Waals surface area contributed by atoms with E-state index in [2.05, 4.69) is 12.0 Å². The van der Waals surface area contributed by atoms with Gasteiger partial charge < -0.3 is 9.64 Å². The lowest BCUT2D eigenvalue weighted by Gasteiger charge is -2.24. The van der Waals surface area contributed by atoms with Gasteiger partial charge in [-0.15, -0.1) is 0 Å². The molecule has 1 saturated heterocycles. The molecule has 1 aromatic heterocycles. The molecule has 0 radical (unpaired) electrons. The first-order valence-corrected chi connectivity index (χ1v) is 8.39. The Hall–Kier alpha value is -2.21. The third-order valence-electron chi connectivity index (χ3n) is 4.15. The molecule has 0 bridgehead atoms. The molecule has 1 fully saturated rings. The highest BCUT2D eigenvalue weighted by atomic mass is 19.1. The number of carbonyl (C=O) groups excluding carboxylic acids is 1. The van der Waals surface area contributed by atoms with Gasteiger partial charge in [0.1, 0.15) is 5.82 Å². The molecule has 24 heavy (non-hydrogen) atoms. The van der Waals surface area contributed by atoms with Crippen LogP contribution in [0.4, 0.5) is 4.39 Å². The molecule has 2 aromatic rings. The maximum Gasteiger partial charge on any atom is 0.257 e. The predicted molar refractivity (Wildman–Crippen MR) is 88.7 cm³/mol. The molecule has 5 nitrogen and oxygen atoms in total. The number of benzene rings is 1. The van der Waals surface area contributed by atoms with Gasteiger partial charge in [0.15, 0.2) is 0 Å². The molecule has 3 rings (SSSR count). The monoisotopic (exact) mass is 331 g/mol. The van der Waals surface area contributed by atoms with Gasteiger partial charge in [-0.2, -0.15) is 5.10 Å². The highest BCUT2D eigenvalue weighted by Gasteiger charge is 2.23. The zero-order valence-electron chi connectivity index (χ0n) is 13.8. The average Bonchev–Trinajstić information content (AvgIpc) is 3.26. The second-order valence-corrected chi connectivity index (χ2v) is 6.04. The first-order chi connectivity index (χ1) is 11.7. The van der Waals surface area contributed by atoms with E-state index < -0.39 is 0 Å². The van der Waals surface area contributed by atoms with E-state index in [1.807, 2.05) is 4.90 Å². The molecule has 1 unspecified atom stereocenters. The van der Waals surface area contributed by atoms with Crippen LogP contribution in [0.25, 0.3) is 5.69 Å². The number of rotatable bonds is 6. The summed E-state index contributed by atoms with van der Waals surface area (Å²) >= 11 is 0. The summed E-state index contributed by atoms with van der Waals surface area (Å²) in [5, 5.41) is 4.23. The van der Waals surface area contributed by atoms with Crippen molar-refractivity contribution in [3.8, 4) is 5.69 Å². The number of halogens is 1. The fourth-order valence-corrected chi connectivity index (χ4v) is 2.93. The Kier molecular flexibility index (Phi) is 5.25. The highest BCUT2D eigenvalue weighted by Crippen LogP contribution is 2.16. The molecule has 0 spiro atoms. The Morgan fingerprint density at radius 1 is 1.42 bits per heavy atom. The van der Waals surface area contributed by atoms with E-state index in [0.717, 1.165) is 31.6 Å². The molecule has 0 N–H and O–H groups in total. The molecular formula is C18H22FN3O2. The summed E-state index contributed by atoms with van der Waals surface area (Å²) in [4.78, 5) is 14.6. The molecular weight excluding hydrogens is 309 g/mol. The summed E-state index contributed by atoms with van der Waals surface area (Å²) in [6.07, 6.45) is 6.33. The van der Waals surface area contributed by atoms with Crippen LogP contribution in [-0.2, 0) is 4.74 Å². The Balaban J connectivity index is 1.73. The zero-order valence-corrected chi connectivity index (χ0v) is 13.8. The van der Waals surface area contributed by atoms with Crippen LogP contribution in [0.3, 0.4) is 0 Å². The van der Waals surface area contributed by atoms with Crippen molar-refractivity contribution in [1.82, 2.24) is 14.7 Å². The Morgan fingerprint density at radius 2 is 2.21 bits per heavy atom. The van der Waals surface area contributed by atoms with Crippen molar-refractivity contribution in [1.29, 1.82) is 0 Å².